The third-order valence-corrected chi connectivity index (χ3v) is 3.30. The smallest absolute Gasteiger partial charge is 0.260 e. The predicted octanol–water partition coefficient (Wildman–Crippen LogP) is 4.99. The molecule has 0 fully saturated rings. The average Bonchev–Trinajstić information content (AvgIpc) is 2.45. The minimum absolute atomic E-state index is 0.121. The summed E-state index contributed by atoms with van der Waals surface area (Å²) in [6, 6.07) is 3.29. The molecule has 0 atom stereocenters. The van der Waals surface area contributed by atoms with E-state index in [4.69, 9.17) is 0 Å². The van der Waals surface area contributed by atoms with Crippen LogP contribution in [0, 0.1) is 0 Å². The van der Waals surface area contributed by atoms with Crippen LogP contribution in [0.2, 0.25) is 0 Å². The Bertz CT molecular complexity index is 625. The summed E-state index contributed by atoms with van der Waals surface area (Å²) >= 11 is 3.15. The number of alkyl halides is 6. The van der Waals surface area contributed by atoms with Gasteiger partial charge >= 0.3 is 6.18 Å². The summed E-state index contributed by atoms with van der Waals surface area (Å²) in [6.07, 6.45) is -5.39. The van der Waals surface area contributed by atoms with Crippen molar-refractivity contribution in [3.63, 3.8) is 0 Å². The molecule has 0 saturated carbocycles. The maximum atomic E-state index is 13.0. The van der Waals surface area contributed by atoms with Crippen molar-refractivity contribution in [2.45, 2.75) is 17.9 Å². The second-order valence-electron chi connectivity index (χ2n) is 4.13. The van der Waals surface area contributed by atoms with Gasteiger partial charge in [-0.15, -0.1) is 0 Å². The van der Waals surface area contributed by atoms with Gasteiger partial charge in [0.15, 0.2) is 0 Å². The van der Waals surface area contributed by atoms with Crippen molar-refractivity contribution >= 4 is 15.9 Å². The third-order valence-electron chi connectivity index (χ3n) is 2.73. The lowest BCUT2D eigenvalue weighted by Crippen LogP contribution is -2.07. The van der Waals surface area contributed by atoms with Gasteiger partial charge in [0, 0.05) is 28.9 Å². The molecule has 0 amide bonds. The largest absolute Gasteiger partial charge is 0.433 e. The molecule has 2 rings (SSSR count). The minimum Gasteiger partial charge on any atom is -0.260 e. The Kier molecular flexibility index (Phi) is 4.55. The summed E-state index contributed by atoms with van der Waals surface area (Å²) < 4.78 is 63.3. The number of hydrogen-bond acceptors (Lipinski definition) is 2. The Morgan fingerprint density at radius 2 is 1.81 bits per heavy atom. The van der Waals surface area contributed by atoms with Gasteiger partial charge in [0.05, 0.1) is 5.69 Å². The zero-order valence-corrected chi connectivity index (χ0v) is 11.9. The van der Waals surface area contributed by atoms with E-state index in [0.29, 0.717) is 11.0 Å². The third kappa shape index (κ3) is 3.55. The molecule has 2 aromatic heterocycles. The summed E-state index contributed by atoms with van der Waals surface area (Å²) in [5, 5.41) is 0.345. The van der Waals surface area contributed by atoms with E-state index in [2.05, 4.69) is 25.9 Å². The molecule has 2 nitrogen and oxygen atoms in total. The van der Waals surface area contributed by atoms with Crippen molar-refractivity contribution in [2.24, 2.45) is 0 Å². The molecule has 21 heavy (non-hydrogen) atoms. The highest BCUT2D eigenvalue weighted by Crippen LogP contribution is 2.33. The number of halogens is 6. The van der Waals surface area contributed by atoms with Crippen molar-refractivity contribution in [1.29, 1.82) is 0 Å². The fourth-order valence-electron chi connectivity index (χ4n) is 1.73. The van der Waals surface area contributed by atoms with Gasteiger partial charge in [-0.25, -0.2) is 8.78 Å². The highest BCUT2D eigenvalue weighted by Gasteiger charge is 2.32. The normalized spacial score (nSPS) is 12.0. The van der Waals surface area contributed by atoms with Gasteiger partial charge in [0.1, 0.15) is 5.69 Å². The summed E-state index contributed by atoms with van der Waals surface area (Å²) in [5.74, 6) is 0. The van der Waals surface area contributed by atoms with Crippen LogP contribution in [0.4, 0.5) is 22.0 Å². The summed E-state index contributed by atoms with van der Waals surface area (Å²) in [4.78, 5) is 7.11. The van der Waals surface area contributed by atoms with Crippen molar-refractivity contribution in [3.8, 4) is 11.1 Å². The Morgan fingerprint density at radius 3 is 2.29 bits per heavy atom. The lowest BCUT2D eigenvalue weighted by Gasteiger charge is -2.11. The number of rotatable bonds is 3. The van der Waals surface area contributed by atoms with Crippen LogP contribution in [0.5, 0.6) is 0 Å². The van der Waals surface area contributed by atoms with Gasteiger partial charge < -0.3 is 0 Å². The number of nitrogens with zero attached hydrogens (tertiary/aromatic N) is 2. The van der Waals surface area contributed by atoms with Crippen molar-refractivity contribution in [3.05, 3.63) is 47.5 Å². The standard InChI is InChI=1S/C13H8BrF5N2/c14-4-8-3-9(10(6-20-8)12(15)16)7-1-2-11(21-5-7)13(17,18)19/h1-3,5-6,12H,4H2. The van der Waals surface area contributed by atoms with Gasteiger partial charge in [-0.3, -0.25) is 9.97 Å². The van der Waals surface area contributed by atoms with Crippen LogP contribution in [0.15, 0.2) is 30.6 Å². The molecule has 0 N–H and O–H groups in total. The second-order valence-corrected chi connectivity index (χ2v) is 4.69. The average molecular weight is 367 g/mol. The number of hydrogen-bond donors (Lipinski definition) is 0. The van der Waals surface area contributed by atoms with Crippen LogP contribution in [0.1, 0.15) is 23.4 Å². The molecule has 0 aromatic carbocycles. The summed E-state index contributed by atoms with van der Waals surface area (Å²) in [7, 11) is 0. The molecular formula is C13H8BrF5N2. The molecule has 8 heteroatoms. The Hall–Kier alpha value is -1.57. The highest BCUT2D eigenvalue weighted by atomic mass is 79.9. The molecule has 0 bridgehead atoms. The molecule has 0 aliphatic heterocycles. The molecule has 0 spiro atoms. The molecule has 0 aliphatic carbocycles. The van der Waals surface area contributed by atoms with Crippen LogP contribution in [-0.2, 0) is 11.5 Å². The zero-order chi connectivity index (χ0) is 15.6. The number of pyridine rings is 2. The SMILES string of the molecule is FC(F)c1cnc(CBr)cc1-c1ccc(C(F)(F)F)nc1. The molecule has 2 heterocycles. The lowest BCUT2D eigenvalue weighted by molar-refractivity contribution is -0.141. The van der Waals surface area contributed by atoms with Gasteiger partial charge in [0.25, 0.3) is 6.43 Å². The van der Waals surface area contributed by atoms with E-state index in [9.17, 15) is 22.0 Å². The van der Waals surface area contributed by atoms with Crippen molar-refractivity contribution in [1.82, 2.24) is 9.97 Å². The van der Waals surface area contributed by atoms with Gasteiger partial charge in [-0.05, 0) is 17.7 Å². The molecule has 112 valence electrons. The van der Waals surface area contributed by atoms with E-state index in [1.807, 2.05) is 0 Å². The molecule has 0 aliphatic rings. The second kappa shape index (κ2) is 6.05. The molecule has 0 unspecified atom stereocenters. The predicted molar refractivity (Wildman–Crippen MR) is 70.1 cm³/mol. The Morgan fingerprint density at radius 1 is 1.10 bits per heavy atom. The van der Waals surface area contributed by atoms with Crippen LogP contribution in [0.25, 0.3) is 11.1 Å². The fraction of sp³-hybridized carbons (Fsp3) is 0.231. The molecule has 0 radical (unpaired) electrons. The van der Waals surface area contributed by atoms with E-state index < -0.39 is 18.3 Å². The van der Waals surface area contributed by atoms with E-state index in [-0.39, 0.29) is 16.7 Å². The van der Waals surface area contributed by atoms with Crippen molar-refractivity contribution in [2.75, 3.05) is 0 Å². The van der Waals surface area contributed by atoms with Gasteiger partial charge in [-0.1, -0.05) is 22.0 Å². The first-order chi connectivity index (χ1) is 9.82. The maximum absolute atomic E-state index is 13.0. The first-order valence-corrected chi connectivity index (χ1v) is 6.81. The maximum Gasteiger partial charge on any atom is 0.433 e. The van der Waals surface area contributed by atoms with E-state index in [1.54, 1.807) is 0 Å². The first kappa shape index (κ1) is 15.8. The van der Waals surface area contributed by atoms with Crippen molar-refractivity contribution < 1.29 is 22.0 Å². The van der Waals surface area contributed by atoms with Crippen LogP contribution in [0.3, 0.4) is 0 Å². The van der Waals surface area contributed by atoms with E-state index >= 15 is 0 Å². The zero-order valence-electron chi connectivity index (χ0n) is 10.3. The molecule has 2 aromatic rings. The summed E-state index contributed by atoms with van der Waals surface area (Å²) in [6.45, 7) is 0. The van der Waals surface area contributed by atoms with E-state index in [0.717, 1.165) is 24.5 Å². The molecule has 0 saturated heterocycles. The van der Waals surface area contributed by atoms with E-state index in [1.165, 1.54) is 6.07 Å². The van der Waals surface area contributed by atoms with Gasteiger partial charge in [-0.2, -0.15) is 13.2 Å². The van der Waals surface area contributed by atoms with Crippen LogP contribution in [-0.4, -0.2) is 9.97 Å². The Labute approximate surface area is 125 Å². The van der Waals surface area contributed by atoms with Crippen LogP contribution >= 0.6 is 15.9 Å². The minimum atomic E-state index is -4.57. The monoisotopic (exact) mass is 366 g/mol. The van der Waals surface area contributed by atoms with Crippen LogP contribution < -0.4 is 0 Å². The topological polar surface area (TPSA) is 25.8 Å². The lowest BCUT2D eigenvalue weighted by atomic mass is 10.0. The van der Waals surface area contributed by atoms with Gasteiger partial charge in [0.2, 0.25) is 0 Å². The molecular weight excluding hydrogens is 359 g/mol. The number of aromatic nitrogens is 2. The first-order valence-electron chi connectivity index (χ1n) is 5.69. The Balaban J connectivity index is 2.50. The summed E-state index contributed by atoms with van der Waals surface area (Å²) in [5.41, 5.74) is -0.617. The quantitative estimate of drug-likeness (QED) is 0.564. The highest BCUT2D eigenvalue weighted by molar-refractivity contribution is 9.08. The fourth-order valence-corrected chi connectivity index (χ4v) is 2.03.